The maximum Gasteiger partial charge on any atom is 0.293 e. The monoisotopic (exact) mass is 455 g/mol. The van der Waals surface area contributed by atoms with Crippen molar-refractivity contribution in [2.75, 3.05) is 18.5 Å². The fourth-order valence-corrected chi connectivity index (χ4v) is 4.03. The topological polar surface area (TPSA) is 140 Å². The highest BCUT2D eigenvalue weighted by Gasteiger charge is 2.27. The van der Waals surface area contributed by atoms with Crippen LogP contribution in [0.3, 0.4) is 0 Å². The lowest BCUT2D eigenvalue weighted by Gasteiger charge is -2.33. The van der Waals surface area contributed by atoms with Crippen molar-refractivity contribution in [1.82, 2.24) is 35.6 Å². The van der Waals surface area contributed by atoms with Crippen LogP contribution in [0.15, 0.2) is 38.9 Å². The Hall–Kier alpha value is -3.25. The number of thioether (sulfide) groups is 1. The molecule has 0 spiro atoms. The van der Waals surface area contributed by atoms with Crippen molar-refractivity contribution in [1.29, 1.82) is 0 Å². The summed E-state index contributed by atoms with van der Waals surface area (Å²) in [5, 5.41) is 19.7. The van der Waals surface area contributed by atoms with E-state index in [0.29, 0.717) is 18.3 Å². The molecule has 1 amide bonds. The molecule has 11 nitrogen and oxygen atoms in total. The predicted octanol–water partition coefficient (Wildman–Crippen LogP) is 2.09. The Kier molecular flexibility index (Phi) is 6.81. The predicted molar refractivity (Wildman–Crippen MR) is 121 cm³/mol. The number of hydrogen-bond donors (Lipinski definition) is 2. The number of nitrogens with two attached hydrogens (primary N) is 1. The number of benzene rings is 1. The number of hydrazone groups is 1. The summed E-state index contributed by atoms with van der Waals surface area (Å²) >= 11 is 1.66. The number of likely N-dealkylation sites (tertiary alicyclic amines) is 1. The Labute approximate surface area is 189 Å². The summed E-state index contributed by atoms with van der Waals surface area (Å²) in [6, 6.07) is 8.22. The Morgan fingerprint density at radius 2 is 2.16 bits per heavy atom. The van der Waals surface area contributed by atoms with E-state index in [1.54, 1.807) is 18.0 Å². The van der Waals surface area contributed by atoms with E-state index < -0.39 is 5.91 Å². The number of amides is 1. The zero-order valence-corrected chi connectivity index (χ0v) is 18.7. The Morgan fingerprint density at radius 1 is 1.34 bits per heavy atom. The highest BCUT2D eigenvalue weighted by molar-refractivity contribution is 7.98. The molecule has 4 rings (SSSR count). The fraction of sp³-hybridized carbons (Fsp3) is 0.400. The minimum Gasteiger partial charge on any atom is -0.378 e. The van der Waals surface area contributed by atoms with Crippen molar-refractivity contribution in [2.45, 2.75) is 43.7 Å². The quantitative estimate of drug-likeness (QED) is 0.311. The van der Waals surface area contributed by atoms with Gasteiger partial charge in [0, 0.05) is 17.5 Å². The van der Waals surface area contributed by atoms with E-state index in [1.807, 2.05) is 30.5 Å². The molecule has 0 unspecified atom stereocenters. The van der Waals surface area contributed by atoms with Gasteiger partial charge in [0.2, 0.25) is 11.6 Å². The summed E-state index contributed by atoms with van der Waals surface area (Å²) in [4.78, 5) is 16.3. The minimum atomic E-state index is -0.470. The summed E-state index contributed by atoms with van der Waals surface area (Å²) in [6.45, 7) is 3.55. The minimum absolute atomic E-state index is 0.0708. The molecule has 1 aliphatic heterocycles. The number of nitrogen functional groups attached to an aromatic ring is 1. The van der Waals surface area contributed by atoms with Gasteiger partial charge in [-0.15, -0.1) is 16.9 Å². The summed E-state index contributed by atoms with van der Waals surface area (Å²) in [6.07, 6.45) is 6.98. The van der Waals surface area contributed by atoms with E-state index in [9.17, 15) is 4.79 Å². The van der Waals surface area contributed by atoms with Crippen LogP contribution in [0.4, 0.5) is 5.82 Å². The fourth-order valence-electron chi connectivity index (χ4n) is 3.62. The van der Waals surface area contributed by atoms with Gasteiger partial charge in [0.15, 0.2) is 5.69 Å². The van der Waals surface area contributed by atoms with Crippen LogP contribution >= 0.6 is 11.8 Å². The summed E-state index contributed by atoms with van der Waals surface area (Å²) < 4.78 is 6.12. The highest BCUT2D eigenvalue weighted by Crippen LogP contribution is 2.22. The van der Waals surface area contributed by atoms with Crippen LogP contribution in [0.5, 0.6) is 0 Å². The normalized spacial score (nSPS) is 17.1. The number of carbonyl (C=O) groups excluding carboxylic acids is 1. The number of nitrogens with zero attached hydrogens (tertiary/aromatic N) is 7. The highest BCUT2D eigenvalue weighted by atomic mass is 32.2. The molecule has 1 aliphatic rings. The van der Waals surface area contributed by atoms with Crippen LogP contribution < -0.4 is 11.2 Å². The second-order valence-corrected chi connectivity index (χ2v) is 8.44. The van der Waals surface area contributed by atoms with Crippen LogP contribution in [0.1, 0.15) is 47.9 Å². The van der Waals surface area contributed by atoms with Crippen molar-refractivity contribution < 1.29 is 9.42 Å². The van der Waals surface area contributed by atoms with E-state index in [2.05, 4.69) is 43.0 Å². The van der Waals surface area contributed by atoms with Crippen LogP contribution in [0, 0.1) is 0 Å². The smallest absolute Gasteiger partial charge is 0.293 e. The largest absolute Gasteiger partial charge is 0.378 e. The van der Waals surface area contributed by atoms with E-state index >= 15 is 0 Å². The number of hydrogen-bond acceptors (Lipinski definition) is 10. The second kappa shape index (κ2) is 9.92. The molecular formula is C20H25N9O2S. The van der Waals surface area contributed by atoms with Crippen molar-refractivity contribution in [2.24, 2.45) is 5.10 Å². The molecule has 3 heterocycles. The average Bonchev–Trinajstić information content (AvgIpc) is 3.41. The van der Waals surface area contributed by atoms with Gasteiger partial charge >= 0.3 is 0 Å². The van der Waals surface area contributed by atoms with Gasteiger partial charge in [-0.2, -0.15) is 9.78 Å². The molecule has 1 atom stereocenters. The molecule has 2 aromatic heterocycles. The average molecular weight is 456 g/mol. The molecule has 12 heteroatoms. The maximum absolute atomic E-state index is 12.9. The first-order chi connectivity index (χ1) is 15.6. The van der Waals surface area contributed by atoms with E-state index in [4.69, 9.17) is 10.4 Å². The van der Waals surface area contributed by atoms with Crippen LogP contribution in [0.2, 0.25) is 0 Å². The van der Waals surface area contributed by atoms with Crippen molar-refractivity contribution >= 4 is 29.7 Å². The van der Waals surface area contributed by atoms with Crippen LogP contribution in [-0.4, -0.2) is 61.2 Å². The molecule has 1 saturated heterocycles. The lowest BCUT2D eigenvalue weighted by Crippen LogP contribution is -2.38. The zero-order valence-electron chi connectivity index (χ0n) is 17.9. The molecule has 0 aliphatic carbocycles. The molecule has 0 bridgehead atoms. The number of piperidine rings is 1. The Bertz CT molecular complexity index is 1090. The van der Waals surface area contributed by atoms with Crippen molar-refractivity contribution in [3.8, 4) is 5.82 Å². The molecule has 3 aromatic rings. The second-order valence-electron chi connectivity index (χ2n) is 7.56. The molecule has 168 valence electrons. The Morgan fingerprint density at radius 3 is 2.84 bits per heavy atom. The zero-order chi connectivity index (χ0) is 22.5. The number of carbonyl (C=O) groups is 1. The SMILES string of the molecule is CSc1ccc(/C=N/NC(=O)c2nnn(-c3nonc3N)c2CN2CCCC[C@H]2C)cc1. The van der Waals surface area contributed by atoms with Crippen LogP contribution in [0.25, 0.3) is 5.82 Å². The first-order valence-corrected chi connectivity index (χ1v) is 11.5. The first kappa shape index (κ1) is 22.0. The van der Waals surface area contributed by atoms with Gasteiger partial charge in [-0.3, -0.25) is 9.69 Å². The van der Waals surface area contributed by atoms with E-state index in [-0.39, 0.29) is 17.3 Å². The van der Waals surface area contributed by atoms with Gasteiger partial charge in [0.25, 0.3) is 5.91 Å². The standard InChI is InChI=1S/C20H25N9O2S/c1-13-5-3-4-10-28(13)12-16-17(23-27-29(16)19-18(21)25-31-26-19)20(30)24-22-11-14-6-8-15(32-2)9-7-14/h6-9,11,13H,3-5,10,12H2,1-2H3,(H2,21,25)(H,24,30)/b22-11+/t13-/m1/s1. The Balaban J connectivity index is 1.56. The van der Waals surface area contributed by atoms with Gasteiger partial charge in [0.05, 0.1) is 11.9 Å². The molecule has 1 fully saturated rings. The molecule has 0 radical (unpaired) electrons. The van der Waals surface area contributed by atoms with Crippen LogP contribution in [-0.2, 0) is 6.54 Å². The van der Waals surface area contributed by atoms with Gasteiger partial charge in [-0.25, -0.2) is 10.1 Å². The number of nitrogens with one attached hydrogen (secondary N) is 1. The molecule has 3 N–H and O–H groups in total. The third kappa shape index (κ3) is 4.81. The third-order valence-corrected chi connectivity index (χ3v) is 6.21. The third-order valence-electron chi connectivity index (χ3n) is 5.46. The molecule has 1 aromatic carbocycles. The van der Waals surface area contributed by atoms with Gasteiger partial charge in [-0.05, 0) is 60.6 Å². The van der Waals surface area contributed by atoms with Gasteiger partial charge in [-0.1, -0.05) is 23.8 Å². The summed E-state index contributed by atoms with van der Waals surface area (Å²) in [5.41, 5.74) is 9.97. The lowest BCUT2D eigenvalue weighted by molar-refractivity contribution is 0.0945. The maximum atomic E-state index is 12.9. The first-order valence-electron chi connectivity index (χ1n) is 10.3. The molecule has 32 heavy (non-hydrogen) atoms. The van der Waals surface area contributed by atoms with Gasteiger partial charge < -0.3 is 5.73 Å². The lowest BCUT2D eigenvalue weighted by atomic mass is 10.0. The number of rotatable bonds is 7. The van der Waals surface area contributed by atoms with Crippen molar-refractivity contribution in [3.05, 3.63) is 41.2 Å². The van der Waals surface area contributed by atoms with Gasteiger partial charge in [0.1, 0.15) is 0 Å². The van der Waals surface area contributed by atoms with E-state index in [0.717, 1.165) is 29.8 Å². The van der Waals surface area contributed by atoms with Crippen molar-refractivity contribution in [3.63, 3.8) is 0 Å². The summed E-state index contributed by atoms with van der Waals surface area (Å²) in [5.74, 6) is -0.196. The molecule has 0 saturated carbocycles. The molecular weight excluding hydrogens is 430 g/mol. The summed E-state index contributed by atoms with van der Waals surface area (Å²) in [7, 11) is 0. The number of anilines is 1. The van der Waals surface area contributed by atoms with E-state index in [1.165, 1.54) is 11.1 Å². The number of aromatic nitrogens is 5.